The molecule has 33 heavy (non-hydrogen) atoms. The summed E-state index contributed by atoms with van der Waals surface area (Å²) < 4.78 is 0. The maximum Gasteiger partial charge on any atom is 0.119 e. The Morgan fingerprint density at radius 1 is 0.727 bits per heavy atom. The molecule has 0 bridgehead atoms. The van der Waals surface area contributed by atoms with Crippen LogP contribution >= 0.6 is 0 Å². The Morgan fingerprint density at radius 3 is 2.27 bits per heavy atom. The number of nitrogens with zero attached hydrogens (tertiary/aromatic N) is 1. The number of hydrogen-bond acceptors (Lipinski definition) is 2. The van der Waals surface area contributed by atoms with E-state index in [1.807, 2.05) is 6.07 Å². The molecule has 6 rings (SSSR count). The van der Waals surface area contributed by atoms with E-state index in [9.17, 15) is 5.11 Å². The van der Waals surface area contributed by atoms with Crippen LogP contribution in [0.4, 0.5) is 5.69 Å². The number of para-hydroxylation sites is 1. The van der Waals surface area contributed by atoms with Crippen LogP contribution in [0.5, 0.6) is 5.75 Å². The molecule has 1 aliphatic carbocycles. The minimum absolute atomic E-state index is 0.192. The molecule has 0 fully saturated rings. The monoisotopic (exact) mass is 431 g/mol. The van der Waals surface area contributed by atoms with Crippen LogP contribution in [-0.2, 0) is 19.4 Å². The van der Waals surface area contributed by atoms with Gasteiger partial charge in [0.15, 0.2) is 0 Å². The van der Waals surface area contributed by atoms with Crippen molar-refractivity contribution in [3.63, 3.8) is 0 Å². The lowest BCUT2D eigenvalue weighted by atomic mass is 9.85. The maximum absolute atomic E-state index is 11.0. The van der Waals surface area contributed by atoms with Crippen LogP contribution in [0.1, 0.15) is 46.6 Å². The lowest BCUT2D eigenvalue weighted by Gasteiger charge is -2.23. The van der Waals surface area contributed by atoms with Crippen LogP contribution in [0.25, 0.3) is 11.1 Å². The van der Waals surface area contributed by atoms with Gasteiger partial charge in [0.2, 0.25) is 0 Å². The molecule has 1 heterocycles. The Hall–Kier alpha value is -3.52. The first-order chi connectivity index (χ1) is 16.3. The molecule has 1 atom stereocenters. The highest BCUT2D eigenvalue weighted by molar-refractivity contribution is 5.70. The van der Waals surface area contributed by atoms with E-state index in [4.69, 9.17) is 0 Å². The predicted molar refractivity (Wildman–Crippen MR) is 136 cm³/mol. The fraction of sp³-hybridized carbons (Fsp3) is 0.226. The minimum atomic E-state index is 0.192. The van der Waals surface area contributed by atoms with E-state index in [0.717, 1.165) is 31.5 Å². The number of phenolic OH excluding ortho intramolecular Hbond substituents is 1. The topological polar surface area (TPSA) is 23.5 Å². The summed E-state index contributed by atoms with van der Waals surface area (Å²) in [6.45, 7) is 1.74. The summed E-state index contributed by atoms with van der Waals surface area (Å²) in [6, 6.07) is 32.4. The second kappa shape index (κ2) is 8.44. The first kappa shape index (κ1) is 20.1. The summed E-state index contributed by atoms with van der Waals surface area (Å²) >= 11 is 0. The maximum atomic E-state index is 11.0. The third-order valence-corrected chi connectivity index (χ3v) is 7.39. The largest absolute Gasteiger partial charge is 0.508 e. The van der Waals surface area contributed by atoms with Crippen molar-refractivity contribution >= 4 is 5.69 Å². The summed E-state index contributed by atoms with van der Waals surface area (Å²) in [5.41, 5.74) is 10.3. The second-order valence-electron chi connectivity index (χ2n) is 9.40. The summed E-state index contributed by atoms with van der Waals surface area (Å²) in [5.74, 6) is 0.652. The van der Waals surface area contributed by atoms with Crippen LogP contribution in [0.3, 0.4) is 0 Å². The number of hydrogen-bond donors (Lipinski definition) is 1. The molecule has 0 amide bonds. The van der Waals surface area contributed by atoms with Gasteiger partial charge < -0.3 is 10.0 Å². The zero-order chi connectivity index (χ0) is 22.2. The van der Waals surface area contributed by atoms with E-state index in [1.165, 1.54) is 51.9 Å². The molecule has 0 saturated carbocycles. The van der Waals surface area contributed by atoms with Gasteiger partial charge in [-0.25, -0.2) is 0 Å². The molecule has 2 aliphatic rings. The van der Waals surface area contributed by atoms with Gasteiger partial charge in [-0.15, -0.1) is 0 Å². The number of fused-ring (bicyclic) bond motifs is 2. The number of aromatic hydroxyl groups is 1. The van der Waals surface area contributed by atoms with Gasteiger partial charge >= 0.3 is 0 Å². The molecule has 1 unspecified atom stereocenters. The van der Waals surface area contributed by atoms with Gasteiger partial charge in [-0.3, -0.25) is 0 Å². The number of anilines is 1. The molecule has 0 radical (unpaired) electrons. The molecule has 1 N–H and O–H groups in total. The van der Waals surface area contributed by atoms with Crippen molar-refractivity contribution in [2.24, 2.45) is 0 Å². The summed E-state index contributed by atoms with van der Waals surface area (Å²) in [4.78, 5) is 2.49. The normalized spacial score (nSPS) is 17.0. The SMILES string of the molecule is Oc1cc2c(cc1C1CN(Cc3ccccc3-c3ccccc3)c3ccccc31)CCCC2. The Morgan fingerprint density at radius 2 is 1.42 bits per heavy atom. The zero-order valence-corrected chi connectivity index (χ0v) is 18.9. The molecule has 164 valence electrons. The Kier molecular flexibility index (Phi) is 5.14. The molecule has 4 aromatic carbocycles. The van der Waals surface area contributed by atoms with Crippen molar-refractivity contribution in [3.8, 4) is 16.9 Å². The molecular formula is C31H29NO. The zero-order valence-electron chi connectivity index (χ0n) is 18.9. The standard InChI is InChI=1S/C31H29NO/c33-31-19-24-13-5-4-12-23(24)18-28(31)29-21-32(30-17-9-8-16-27(29)30)20-25-14-6-7-15-26(25)22-10-2-1-3-11-22/h1-3,6-11,14-19,29,33H,4-5,12-13,20-21H2. The van der Waals surface area contributed by atoms with Gasteiger partial charge in [0.05, 0.1) is 0 Å². The second-order valence-corrected chi connectivity index (χ2v) is 9.40. The fourth-order valence-corrected chi connectivity index (χ4v) is 5.74. The number of aryl methyl sites for hydroxylation is 2. The highest BCUT2D eigenvalue weighted by Crippen LogP contribution is 2.45. The van der Waals surface area contributed by atoms with Crippen molar-refractivity contribution in [3.05, 3.63) is 119 Å². The first-order valence-electron chi connectivity index (χ1n) is 12.1. The molecule has 2 nitrogen and oxygen atoms in total. The summed E-state index contributed by atoms with van der Waals surface area (Å²) in [6.07, 6.45) is 4.70. The lowest BCUT2D eigenvalue weighted by Crippen LogP contribution is -2.22. The van der Waals surface area contributed by atoms with Gasteiger partial charge in [0.25, 0.3) is 0 Å². The van der Waals surface area contributed by atoms with E-state index in [2.05, 4.69) is 89.8 Å². The fourth-order valence-electron chi connectivity index (χ4n) is 5.74. The van der Waals surface area contributed by atoms with Crippen molar-refractivity contribution in [1.82, 2.24) is 0 Å². The number of rotatable bonds is 4. The van der Waals surface area contributed by atoms with E-state index < -0.39 is 0 Å². The minimum Gasteiger partial charge on any atom is -0.508 e. The van der Waals surface area contributed by atoms with Gasteiger partial charge in [-0.2, -0.15) is 0 Å². The van der Waals surface area contributed by atoms with Crippen LogP contribution in [0, 0.1) is 0 Å². The molecule has 0 saturated heterocycles. The van der Waals surface area contributed by atoms with Gasteiger partial charge in [-0.05, 0) is 71.2 Å². The smallest absolute Gasteiger partial charge is 0.119 e. The number of benzene rings is 4. The van der Waals surface area contributed by atoms with E-state index >= 15 is 0 Å². The third-order valence-electron chi connectivity index (χ3n) is 7.39. The van der Waals surface area contributed by atoms with Crippen LogP contribution in [0.15, 0.2) is 91.0 Å². The van der Waals surface area contributed by atoms with E-state index in [1.54, 1.807) is 0 Å². The lowest BCUT2D eigenvalue weighted by molar-refractivity contribution is 0.463. The van der Waals surface area contributed by atoms with Gasteiger partial charge in [0, 0.05) is 30.3 Å². The van der Waals surface area contributed by atoms with Crippen molar-refractivity contribution in [1.29, 1.82) is 0 Å². The van der Waals surface area contributed by atoms with Gasteiger partial charge in [0.1, 0.15) is 5.75 Å². The Labute approximate surface area is 196 Å². The van der Waals surface area contributed by atoms with E-state index in [0.29, 0.717) is 5.75 Å². The predicted octanol–water partition coefficient (Wildman–Crippen LogP) is 7.09. The average molecular weight is 432 g/mol. The van der Waals surface area contributed by atoms with Crippen molar-refractivity contribution in [2.45, 2.75) is 38.1 Å². The van der Waals surface area contributed by atoms with Crippen LogP contribution in [0.2, 0.25) is 0 Å². The molecule has 1 aliphatic heterocycles. The van der Waals surface area contributed by atoms with Crippen LogP contribution in [-0.4, -0.2) is 11.7 Å². The summed E-state index contributed by atoms with van der Waals surface area (Å²) in [5, 5.41) is 11.0. The Balaban J connectivity index is 1.37. The van der Waals surface area contributed by atoms with Crippen molar-refractivity contribution in [2.75, 3.05) is 11.4 Å². The molecular weight excluding hydrogens is 402 g/mol. The molecule has 0 aromatic heterocycles. The first-order valence-corrected chi connectivity index (χ1v) is 12.1. The third kappa shape index (κ3) is 3.70. The Bertz CT molecular complexity index is 1290. The number of phenols is 1. The summed E-state index contributed by atoms with van der Waals surface area (Å²) in [7, 11) is 0. The molecule has 2 heteroatoms. The quantitative estimate of drug-likeness (QED) is 0.373. The van der Waals surface area contributed by atoms with Gasteiger partial charge in [-0.1, -0.05) is 78.9 Å². The average Bonchev–Trinajstić information content (AvgIpc) is 3.23. The molecule has 4 aromatic rings. The van der Waals surface area contributed by atoms with Crippen LogP contribution < -0.4 is 4.90 Å². The molecule has 0 spiro atoms. The van der Waals surface area contributed by atoms with E-state index in [-0.39, 0.29) is 5.92 Å². The highest BCUT2D eigenvalue weighted by Gasteiger charge is 2.32. The highest BCUT2D eigenvalue weighted by atomic mass is 16.3. The van der Waals surface area contributed by atoms with Crippen molar-refractivity contribution < 1.29 is 5.11 Å².